The third kappa shape index (κ3) is 5.32. The summed E-state index contributed by atoms with van der Waals surface area (Å²) in [7, 11) is -2.83. The van der Waals surface area contributed by atoms with Crippen LogP contribution in [0.3, 0.4) is 0 Å². The van der Waals surface area contributed by atoms with Crippen molar-refractivity contribution in [3.05, 3.63) is 23.7 Å². The number of rotatable bonds is 7. The monoisotopic (exact) mass is 245 g/mol. The largest absolute Gasteiger partial charge is 0.465 e. The lowest BCUT2D eigenvalue weighted by Gasteiger charge is -2.01. The van der Waals surface area contributed by atoms with Crippen molar-refractivity contribution in [2.45, 2.75) is 26.3 Å². The minimum atomic E-state index is -2.83. The normalized spacial score (nSPS) is 11.9. The summed E-state index contributed by atoms with van der Waals surface area (Å²) >= 11 is 0. The highest BCUT2D eigenvalue weighted by Crippen LogP contribution is 2.07. The topological polar surface area (TPSA) is 59.3 Å². The fraction of sp³-hybridized carbons (Fsp3) is 0.636. The molecule has 0 spiro atoms. The lowest BCUT2D eigenvalue weighted by Crippen LogP contribution is -2.17. The van der Waals surface area contributed by atoms with E-state index in [0.717, 1.165) is 17.9 Å². The average Bonchev–Trinajstić information content (AvgIpc) is 2.63. The van der Waals surface area contributed by atoms with E-state index in [1.807, 2.05) is 19.1 Å². The molecule has 0 saturated heterocycles. The molecule has 4 nitrogen and oxygen atoms in total. The van der Waals surface area contributed by atoms with E-state index in [2.05, 4.69) is 5.32 Å². The van der Waals surface area contributed by atoms with Crippen LogP contribution >= 0.6 is 0 Å². The lowest BCUT2D eigenvalue weighted by atomic mass is 10.3. The van der Waals surface area contributed by atoms with Gasteiger partial charge in [-0.25, -0.2) is 8.42 Å². The average molecular weight is 245 g/mol. The molecule has 1 aromatic heterocycles. The fourth-order valence-electron chi connectivity index (χ4n) is 1.38. The molecule has 16 heavy (non-hydrogen) atoms. The summed E-state index contributed by atoms with van der Waals surface area (Å²) in [5, 5.41) is 3.15. The summed E-state index contributed by atoms with van der Waals surface area (Å²) in [6, 6.07) is 3.91. The molecule has 0 aliphatic rings. The first-order valence-electron chi connectivity index (χ1n) is 5.47. The Kier molecular flexibility index (Phi) is 5.02. The molecule has 1 aromatic rings. The zero-order valence-electron chi connectivity index (χ0n) is 9.82. The van der Waals surface area contributed by atoms with Crippen LogP contribution in [0, 0.1) is 0 Å². The van der Waals surface area contributed by atoms with E-state index in [9.17, 15) is 8.42 Å². The molecule has 1 rings (SSSR count). The molecule has 0 aliphatic heterocycles. The fourth-order valence-corrected chi connectivity index (χ4v) is 2.05. The molecule has 0 aliphatic carbocycles. The maximum Gasteiger partial charge on any atom is 0.147 e. The van der Waals surface area contributed by atoms with E-state index in [1.54, 1.807) is 0 Å². The van der Waals surface area contributed by atoms with Crippen LogP contribution in [-0.2, 0) is 22.8 Å². The number of furan rings is 1. The third-order valence-corrected chi connectivity index (χ3v) is 3.26. The van der Waals surface area contributed by atoms with E-state index >= 15 is 0 Å². The Labute approximate surface area is 97.0 Å². The van der Waals surface area contributed by atoms with Gasteiger partial charge in [0.1, 0.15) is 21.4 Å². The van der Waals surface area contributed by atoms with Gasteiger partial charge in [-0.3, -0.25) is 0 Å². The Bertz CT molecular complexity index is 409. The summed E-state index contributed by atoms with van der Waals surface area (Å²) < 4.78 is 27.2. The highest BCUT2D eigenvalue weighted by atomic mass is 32.2. The van der Waals surface area contributed by atoms with Crippen LogP contribution in [0.2, 0.25) is 0 Å². The number of sulfone groups is 1. The number of aryl methyl sites for hydroxylation is 1. The summed E-state index contributed by atoms with van der Waals surface area (Å²) in [6.45, 7) is 3.39. The first-order valence-corrected chi connectivity index (χ1v) is 7.53. The van der Waals surface area contributed by atoms with Gasteiger partial charge in [0.2, 0.25) is 0 Å². The minimum absolute atomic E-state index is 0.234. The van der Waals surface area contributed by atoms with Crippen molar-refractivity contribution >= 4 is 9.84 Å². The zero-order valence-corrected chi connectivity index (χ0v) is 10.6. The molecule has 0 radical (unpaired) electrons. The van der Waals surface area contributed by atoms with Crippen molar-refractivity contribution in [2.75, 3.05) is 18.6 Å². The Morgan fingerprint density at radius 1 is 1.31 bits per heavy atom. The smallest absolute Gasteiger partial charge is 0.147 e. The molecule has 92 valence electrons. The van der Waals surface area contributed by atoms with Crippen LogP contribution in [0.15, 0.2) is 16.5 Å². The summed E-state index contributed by atoms with van der Waals surface area (Å²) in [5.41, 5.74) is 0. The van der Waals surface area contributed by atoms with Crippen molar-refractivity contribution in [3.8, 4) is 0 Å². The maximum atomic E-state index is 10.9. The van der Waals surface area contributed by atoms with Crippen LogP contribution in [0.5, 0.6) is 0 Å². The molecule has 0 atom stereocenters. The molecule has 0 unspecified atom stereocenters. The molecule has 0 bridgehead atoms. The molecular weight excluding hydrogens is 226 g/mol. The van der Waals surface area contributed by atoms with Crippen LogP contribution in [0.25, 0.3) is 0 Å². The van der Waals surface area contributed by atoms with Crippen LogP contribution in [-0.4, -0.2) is 27.0 Å². The maximum absolute atomic E-state index is 10.9. The van der Waals surface area contributed by atoms with Gasteiger partial charge < -0.3 is 9.73 Å². The van der Waals surface area contributed by atoms with Gasteiger partial charge >= 0.3 is 0 Å². The van der Waals surface area contributed by atoms with Crippen LogP contribution < -0.4 is 5.32 Å². The minimum Gasteiger partial charge on any atom is -0.465 e. The molecule has 0 saturated carbocycles. The van der Waals surface area contributed by atoms with Gasteiger partial charge in [0.05, 0.1) is 12.3 Å². The van der Waals surface area contributed by atoms with E-state index in [4.69, 9.17) is 4.42 Å². The highest BCUT2D eigenvalue weighted by Gasteiger charge is 2.02. The van der Waals surface area contributed by atoms with E-state index in [-0.39, 0.29) is 5.75 Å². The summed E-state index contributed by atoms with van der Waals surface area (Å²) in [6.07, 6.45) is 2.79. The van der Waals surface area contributed by atoms with Gasteiger partial charge in [-0.15, -0.1) is 0 Å². The first kappa shape index (κ1) is 13.3. The number of hydrogen-bond donors (Lipinski definition) is 1. The van der Waals surface area contributed by atoms with Crippen molar-refractivity contribution in [1.82, 2.24) is 5.32 Å². The van der Waals surface area contributed by atoms with Gasteiger partial charge in [0, 0.05) is 12.7 Å². The molecule has 0 amide bonds. The van der Waals surface area contributed by atoms with Crippen molar-refractivity contribution in [2.24, 2.45) is 0 Å². The number of nitrogens with one attached hydrogen (secondary N) is 1. The predicted molar refractivity (Wildman–Crippen MR) is 64.1 cm³/mol. The Balaban J connectivity index is 2.16. The molecule has 5 heteroatoms. The van der Waals surface area contributed by atoms with Gasteiger partial charge in [0.25, 0.3) is 0 Å². The molecule has 1 heterocycles. The zero-order chi connectivity index (χ0) is 12.0. The van der Waals surface area contributed by atoms with Crippen molar-refractivity contribution in [3.63, 3.8) is 0 Å². The van der Waals surface area contributed by atoms with Gasteiger partial charge in [-0.2, -0.15) is 0 Å². The van der Waals surface area contributed by atoms with E-state index in [1.165, 1.54) is 6.26 Å². The Morgan fingerprint density at radius 3 is 2.56 bits per heavy atom. The van der Waals surface area contributed by atoms with Crippen LogP contribution in [0.4, 0.5) is 0 Å². The van der Waals surface area contributed by atoms with E-state index in [0.29, 0.717) is 19.5 Å². The second kappa shape index (κ2) is 6.06. The second-order valence-electron chi connectivity index (χ2n) is 3.88. The van der Waals surface area contributed by atoms with Crippen molar-refractivity contribution < 1.29 is 12.8 Å². The molecule has 0 fully saturated rings. The summed E-state index contributed by atoms with van der Waals surface area (Å²) in [4.78, 5) is 0. The molecular formula is C11H19NO3S. The van der Waals surface area contributed by atoms with Crippen LogP contribution in [0.1, 0.15) is 24.9 Å². The van der Waals surface area contributed by atoms with Gasteiger partial charge in [-0.1, -0.05) is 6.92 Å². The first-order chi connectivity index (χ1) is 7.51. The SMILES string of the molecule is CCc1ccc(CNCCCS(C)(=O)=O)o1. The van der Waals surface area contributed by atoms with Gasteiger partial charge in [-0.05, 0) is 25.1 Å². The third-order valence-electron chi connectivity index (χ3n) is 2.23. The molecule has 0 aromatic carbocycles. The summed E-state index contributed by atoms with van der Waals surface area (Å²) in [5.74, 6) is 2.11. The second-order valence-corrected chi connectivity index (χ2v) is 6.14. The Hall–Kier alpha value is -0.810. The molecule has 1 N–H and O–H groups in total. The standard InChI is InChI=1S/C11H19NO3S/c1-3-10-5-6-11(15-10)9-12-7-4-8-16(2,13)14/h5-6,12H,3-4,7-9H2,1-2H3. The lowest BCUT2D eigenvalue weighted by molar-refractivity contribution is 0.451. The highest BCUT2D eigenvalue weighted by molar-refractivity contribution is 7.90. The van der Waals surface area contributed by atoms with Crippen molar-refractivity contribution in [1.29, 1.82) is 0 Å². The number of hydrogen-bond acceptors (Lipinski definition) is 4. The Morgan fingerprint density at radius 2 is 2.00 bits per heavy atom. The van der Waals surface area contributed by atoms with E-state index < -0.39 is 9.84 Å². The predicted octanol–water partition coefficient (Wildman–Crippen LogP) is 1.37. The van der Waals surface area contributed by atoms with Gasteiger partial charge in [0.15, 0.2) is 0 Å². The quantitative estimate of drug-likeness (QED) is 0.737.